The Balaban J connectivity index is 2.28. The van der Waals surface area contributed by atoms with Crippen LogP contribution in [0.5, 0.6) is 5.75 Å². The van der Waals surface area contributed by atoms with Gasteiger partial charge in [-0.3, -0.25) is 0 Å². The Bertz CT molecular complexity index is 630. The molecular formula is C15H23FN2O4S. The van der Waals surface area contributed by atoms with Crippen molar-refractivity contribution >= 4 is 10.0 Å². The Hall–Kier alpha value is -1.22. The van der Waals surface area contributed by atoms with Gasteiger partial charge in [0.1, 0.15) is 23.1 Å². The van der Waals surface area contributed by atoms with Gasteiger partial charge in [0.15, 0.2) is 0 Å². The van der Waals surface area contributed by atoms with Crippen LogP contribution in [0.4, 0.5) is 4.39 Å². The second-order valence-corrected chi connectivity index (χ2v) is 7.38. The van der Waals surface area contributed by atoms with E-state index in [0.717, 1.165) is 25.0 Å². The Labute approximate surface area is 136 Å². The van der Waals surface area contributed by atoms with Crippen molar-refractivity contribution in [1.29, 1.82) is 0 Å². The lowest BCUT2D eigenvalue weighted by Crippen LogP contribution is -2.51. The van der Waals surface area contributed by atoms with Crippen LogP contribution in [0.25, 0.3) is 0 Å². The van der Waals surface area contributed by atoms with Gasteiger partial charge in [0.05, 0.1) is 6.61 Å². The number of sulfonamides is 1. The van der Waals surface area contributed by atoms with Crippen LogP contribution in [-0.2, 0) is 14.8 Å². The summed E-state index contributed by atoms with van der Waals surface area (Å²) in [5.41, 5.74) is 5.11. The van der Waals surface area contributed by atoms with E-state index in [-0.39, 0.29) is 23.8 Å². The van der Waals surface area contributed by atoms with Crippen LogP contribution < -0.4 is 15.2 Å². The molecule has 1 aliphatic rings. The van der Waals surface area contributed by atoms with Crippen LogP contribution in [0.3, 0.4) is 0 Å². The summed E-state index contributed by atoms with van der Waals surface area (Å²) < 4.78 is 51.9. The van der Waals surface area contributed by atoms with E-state index < -0.39 is 21.4 Å². The summed E-state index contributed by atoms with van der Waals surface area (Å²) in [6.45, 7) is 0.686. The minimum Gasteiger partial charge on any atom is -0.490 e. The van der Waals surface area contributed by atoms with Gasteiger partial charge in [-0.25, -0.2) is 17.5 Å². The zero-order chi connectivity index (χ0) is 16.9. The minimum absolute atomic E-state index is 0.0983. The first-order chi connectivity index (χ1) is 10.9. The minimum atomic E-state index is -3.94. The maximum absolute atomic E-state index is 13.6. The number of hydrogen-bond donors (Lipinski definition) is 2. The normalized spacial score (nSPS) is 17.3. The SMILES string of the molecule is COCCOc1ccc(F)cc1S(=O)(=O)NC1(CN)CCCC1. The van der Waals surface area contributed by atoms with Crippen LogP contribution in [0.2, 0.25) is 0 Å². The van der Waals surface area contributed by atoms with Gasteiger partial charge in [0.25, 0.3) is 0 Å². The van der Waals surface area contributed by atoms with Gasteiger partial charge >= 0.3 is 0 Å². The number of benzene rings is 1. The highest BCUT2D eigenvalue weighted by molar-refractivity contribution is 7.89. The highest BCUT2D eigenvalue weighted by Gasteiger charge is 2.37. The average Bonchev–Trinajstić information content (AvgIpc) is 2.97. The van der Waals surface area contributed by atoms with Gasteiger partial charge in [-0.1, -0.05) is 12.8 Å². The lowest BCUT2D eigenvalue weighted by molar-refractivity contribution is 0.144. The van der Waals surface area contributed by atoms with Gasteiger partial charge in [-0.05, 0) is 31.0 Å². The molecule has 1 aromatic carbocycles. The van der Waals surface area contributed by atoms with Gasteiger partial charge in [0.2, 0.25) is 10.0 Å². The number of rotatable bonds is 8. The van der Waals surface area contributed by atoms with Gasteiger partial charge in [-0.15, -0.1) is 0 Å². The summed E-state index contributed by atoms with van der Waals surface area (Å²) in [7, 11) is -2.43. The van der Waals surface area contributed by atoms with E-state index in [1.165, 1.54) is 13.2 Å². The Morgan fingerprint density at radius 3 is 2.61 bits per heavy atom. The fourth-order valence-electron chi connectivity index (χ4n) is 2.79. The maximum Gasteiger partial charge on any atom is 0.244 e. The van der Waals surface area contributed by atoms with Crippen molar-refractivity contribution in [2.75, 3.05) is 26.9 Å². The van der Waals surface area contributed by atoms with Crippen LogP contribution in [0, 0.1) is 5.82 Å². The van der Waals surface area contributed by atoms with E-state index in [2.05, 4.69) is 4.72 Å². The maximum atomic E-state index is 13.6. The number of ether oxygens (including phenoxy) is 2. The summed E-state index contributed by atoms with van der Waals surface area (Å²) in [5.74, 6) is -0.543. The highest BCUT2D eigenvalue weighted by Crippen LogP contribution is 2.32. The third-order valence-corrected chi connectivity index (χ3v) is 5.64. The fourth-order valence-corrected chi connectivity index (χ4v) is 4.41. The molecule has 130 valence electrons. The summed E-state index contributed by atoms with van der Waals surface area (Å²) >= 11 is 0. The average molecular weight is 346 g/mol. The molecule has 8 heteroatoms. The topological polar surface area (TPSA) is 90.6 Å². The lowest BCUT2D eigenvalue weighted by atomic mass is 10.0. The first-order valence-electron chi connectivity index (χ1n) is 7.58. The van der Waals surface area contributed by atoms with Crippen LogP contribution >= 0.6 is 0 Å². The monoisotopic (exact) mass is 346 g/mol. The molecule has 1 saturated carbocycles. The van der Waals surface area contributed by atoms with E-state index in [4.69, 9.17) is 15.2 Å². The molecule has 0 aliphatic heterocycles. The van der Waals surface area contributed by atoms with Crippen molar-refractivity contribution < 1.29 is 22.3 Å². The predicted molar refractivity (Wildman–Crippen MR) is 84.3 cm³/mol. The third kappa shape index (κ3) is 4.41. The molecule has 6 nitrogen and oxygen atoms in total. The van der Waals surface area contributed by atoms with Crippen LogP contribution in [-0.4, -0.2) is 40.8 Å². The van der Waals surface area contributed by atoms with Crippen molar-refractivity contribution in [1.82, 2.24) is 4.72 Å². The standard InChI is InChI=1S/C15H23FN2O4S/c1-21-8-9-22-13-5-4-12(16)10-14(13)23(19,20)18-15(11-17)6-2-3-7-15/h4-5,10,18H,2-3,6-9,11,17H2,1H3. The molecule has 0 amide bonds. The Morgan fingerprint density at radius 1 is 1.30 bits per heavy atom. The first-order valence-corrected chi connectivity index (χ1v) is 9.06. The molecule has 0 spiro atoms. The first kappa shape index (κ1) is 18.1. The van der Waals surface area contributed by atoms with Crippen molar-refractivity contribution in [3.8, 4) is 5.75 Å². The number of methoxy groups -OCH3 is 1. The van der Waals surface area contributed by atoms with Crippen molar-refractivity contribution in [2.45, 2.75) is 36.1 Å². The van der Waals surface area contributed by atoms with E-state index in [1.54, 1.807) is 0 Å². The van der Waals surface area contributed by atoms with E-state index >= 15 is 0 Å². The van der Waals surface area contributed by atoms with E-state index in [9.17, 15) is 12.8 Å². The molecule has 0 aromatic heterocycles. The van der Waals surface area contributed by atoms with Gasteiger partial charge < -0.3 is 15.2 Å². The number of hydrogen-bond acceptors (Lipinski definition) is 5. The van der Waals surface area contributed by atoms with Gasteiger partial charge in [-0.2, -0.15) is 0 Å². The predicted octanol–water partition coefficient (Wildman–Crippen LogP) is 1.40. The Morgan fingerprint density at radius 2 is 2.00 bits per heavy atom. The molecule has 1 fully saturated rings. The highest BCUT2D eigenvalue weighted by atomic mass is 32.2. The van der Waals surface area contributed by atoms with Crippen molar-refractivity contribution in [2.24, 2.45) is 5.73 Å². The largest absolute Gasteiger partial charge is 0.490 e. The smallest absolute Gasteiger partial charge is 0.244 e. The van der Waals surface area contributed by atoms with Crippen molar-refractivity contribution in [3.05, 3.63) is 24.0 Å². The zero-order valence-corrected chi connectivity index (χ0v) is 14.0. The molecule has 0 unspecified atom stereocenters. The molecule has 2 rings (SSSR count). The van der Waals surface area contributed by atoms with E-state index in [0.29, 0.717) is 19.4 Å². The molecule has 1 aromatic rings. The fraction of sp³-hybridized carbons (Fsp3) is 0.600. The molecule has 0 atom stereocenters. The van der Waals surface area contributed by atoms with Crippen LogP contribution in [0.1, 0.15) is 25.7 Å². The second kappa shape index (κ2) is 7.57. The molecular weight excluding hydrogens is 323 g/mol. The summed E-state index contributed by atoms with van der Waals surface area (Å²) in [6, 6.07) is 3.43. The number of nitrogens with one attached hydrogen (secondary N) is 1. The molecule has 0 radical (unpaired) electrons. The number of nitrogens with two attached hydrogens (primary N) is 1. The molecule has 0 bridgehead atoms. The summed E-state index contributed by atoms with van der Waals surface area (Å²) in [6.07, 6.45) is 3.19. The third-order valence-electron chi connectivity index (χ3n) is 4.04. The van der Waals surface area contributed by atoms with E-state index in [1.807, 2.05) is 0 Å². The lowest BCUT2D eigenvalue weighted by Gasteiger charge is -2.28. The molecule has 0 saturated heterocycles. The molecule has 1 aliphatic carbocycles. The summed E-state index contributed by atoms with van der Waals surface area (Å²) in [4.78, 5) is -0.215. The molecule has 23 heavy (non-hydrogen) atoms. The second-order valence-electron chi connectivity index (χ2n) is 5.73. The Kier molecular flexibility index (Phi) is 5.96. The molecule has 0 heterocycles. The van der Waals surface area contributed by atoms with Crippen molar-refractivity contribution in [3.63, 3.8) is 0 Å². The quantitative estimate of drug-likeness (QED) is 0.695. The van der Waals surface area contributed by atoms with Crippen LogP contribution in [0.15, 0.2) is 23.1 Å². The van der Waals surface area contributed by atoms with Gasteiger partial charge in [0, 0.05) is 19.2 Å². The molecule has 3 N–H and O–H groups in total. The zero-order valence-electron chi connectivity index (χ0n) is 13.2. The summed E-state index contributed by atoms with van der Waals surface area (Å²) in [5, 5.41) is 0. The number of halogens is 1.